The van der Waals surface area contributed by atoms with E-state index in [1.807, 2.05) is 6.07 Å². The predicted molar refractivity (Wildman–Crippen MR) is 86.1 cm³/mol. The number of benzene rings is 1. The Morgan fingerprint density at radius 2 is 2.33 bits per heavy atom. The van der Waals surface area contributed by atoms with Gasteiger partial charge in [0.25, 0.3) is 0 Å². The van der Waals surface area contributed by atoms with E-state index in [9.17, 15) is 0 Å². The van der Waals surface area contributed by atoms with Crippen LogP contribution in [0.1, 0.15) is 24.9 Å². The number of rotatable bonds is 5. The van der Waals surface area contributed by atoms with E-state index in [1.165, 1.54) is 29.2 Å². The molecule has 0 amide bonds. The van der Waals surface area contributed by atoms with Crippen LogP contribution in [0.5, 0.6) is 0 Å². The lowest BCUT2D eigenvalue weighted by Crippen LogP contribution is -2.34. The van der Waals surface area contributed by atoms with Gasteiger partial charge >= 0.3 is 0 Å². The Morgan fingerprint density at radius 1 is 1.44 bits per heavy atom. The van der Waals surface area contributed by atoms with Crippen molar-refractivity contribution in [3.8, 4) is 0 Å². The van der Waals surface area contributed by atoms with E-state index in [1.54, 1.807) is 0 Å². The first-order valence-electron chi connectivity index (χ1n) is 6.49. The molecule has 1 heterocycles. The maximum Gasteiger partial charge on any atom is 0.0449 e. The number of hydrogen-bond donors (Lipinski definition) is 1. The maximum absolute atomic E-state index is 6.12. The number of nitrogens with one attached hydrogen (secondary N) is 1. The summed E-state index contributed by atoms with van der Waals surface area (Å²) >= 11 is 10.3. The molecule has 18 heavy (non-hydrogen) atoms. The highest BCUT2D eigenvalue weighted by molar-refractivity contribution is 8.06. The average molecular weight is 302 g/mol. The number of halogens is 1. The van der Waals surface area contributed by atoms with Gasteiger partial charge in [0.1, 0.15) is 0 Å². The van der Waals surface area contributed by atoms with Crippen LogP contribution in [0.3, 0.4) is 0 Å². The molecular weight excluding hydrogens is 282 g/mol. The van der Waals surface area contributed by atoms with E-state index >= 15 is 0 Å². The third-order valence-corrected chi connectivity index (χ3v) is 6.13. The summed E-state index contributed by atoms with van der Waals surface area (Å²) in [6.07, 6.45) is 1.17. The van der Waals surface area contributed by atoms with Crippen LogP contribution in [0, 0.1) is 0 Å². The molecule has 1 aromatic carbocycles. The van der Waals surface area contributed by atoms with Crippen molar-refractivity contribution in [3.63, 3.8) is 0 Å². The smallest absolute Gasteiger partial charge is 0.0449 e. The topological polar surface area (TPSA) is 12.0 Å². The maximum atomic E-state index is 6.12. The minimum absolute atomic E-state index is 0.432. The van der Waals surface area contributed by atoms with Gasteiger partial charge in [0, 0.05) is 33.6 Å². The van der Waals surface area contributed by atoms with Gasteiger partial charge in [-0.05, 0) is 30.7 Å². The molecule has 1 nitrogen and oxygen atoms in total. The second-order valence-corrected chi connectivity index (χ2v) is 7.40. The molecule has 2 atom stereocenters. The van der Waals surface area contributed by atoms with Crippen molar-refractivity contribution in [2.75, 3.05) is 23.8 Å². The Morgan fingerprint density at radius 3 is 3.00 bits per heavy atom. The van der Waals surface area contributed by atoms with Crippen molar-refractivity contribution in [2.24, 2.45) is 0 Å². The van der Waals surface area contributed by atoms with Gasteiger partial charge in [-0.15, -0.1) is 0 Å². The van der Waals surface area contributed by atoms with Crippen molar-refractivity contribution in [3.05, 3.63) is 34.9 Å². The molecule has 1 aromatic rings. The lowest BCUT2D eigenvalue weighted by molar-refractivity contribution is 0.530. The summed E-state index contributed by atoms with van der Waals surface area (Å²) in [7, 11) is 0. The fraction of sp³-hybridized carbons (Fsp3) is 0.571. The average Bonchev–Trinajstić information content (AvgIpc) is 2.40. The molecule has 4 heteroatoms. The van der Waals surface area contributed by atoms with E-state index in [0.717, 1.165) is 11.6 Å². The highest BCUT2D eigenvalue weighted by Gasteiger charge is 2.25. The molecule has 0 aliphatic carbocycles. The van der Waals surface area contributed by atoms with Crippen molar-refractivity contribution < 1.29 is 0 Å². The van der Waals surface area contributed by atoms with Crippen molar-refractivity contribution in [1.82, 2.24) is 5.32 Å². The minimum Gasteiger partial charge on any atom is -0.309 e. The summed E-state index contributed by atoms with van der Waals surface area (Å²) in [6.45, 7) is 3.28. The molecule has 0 saturated carbocycles. The molecule has 2 rings (SSSR count). The molecule has 1 aliphatic rings. The number of hydrogen-bond acceptors (Lipinski definition) is 3. The SMILES string of the molecule is CCCNC(c1cccc(Cl)c1)C1CSCCS1. The fourth-order valence-electron chi connectivity index (χ4n) is 2.16. The van der Waals surface area contributed by atoms with Crippen LogP contribution in [-0.2, 0) is 0 Å². The molecule has 1 saturated heterocycles. The zero-order valence-corrected chi connectivity index (χ0v) is 13.1. The van der Waals surface area contributed by atoms with Crippen LogP contribution >= 0.6 is 35.1 Å². The van der Waals surface area contributed by atoms with Crippen LogP contribution in [0.4, 0.5) is 0 Å². The zero-order chi connectivity index (χ0) is 12.8. The molecule has 0 spiro atoms. The Bertz CT molecular complexity index is 367. The van der Waals surface area contributed by atoms with Crippen LogP contribution in [0.2, 0.25) is 5.02 Å². The van der Waals surface area contributed by atoms with Crippen molar-refractivity contribution in [1.29, 1.82) is 0 Å². The van der Waals surface area contributed by atoms with E-state index < -0.39 is 0 Å². The fourth-order valence-corrected chi connectivity index (χ4v) is 5.23. The predicted octanol–water partition coefficient (Wildman–Crippen LogP) is 4.23. The second-order valence-electron chi connectivity index (χ2n) is 4.47. The first kappa shape index (κ1) is 14.6. The minimum atomic E-state index is 0.432. The Kier molecular flexibility index (Phi) is 6.22. The van der Waals surface area contributed by atoms with Crippen LogP contribution in [0.15, 0.2) is 24.3 Å². The third-order valence-electron chi connectivity index (χ3n) is 3.04. The van der Waals surface area contributed by atoms with E-state index in [2.05, 4.69) is 54.0 Å². The second kappa shape index (κ2) is 7.68. The summed E-state index contributed by atoms with van der Waals surface area (Å²) in [5.41, 5.74) is 1.33. The molecule has 0 radical (unpaired) electrons. The first-order chi connectivity index (χ1) is 8.81. The van der Waals surface area contributed by atoms with Gasteiger partial charge < -0.3 is 5.32 Å². The van der Waals surface area contributed by atoms with Gasteiger partial charge in [0.2, 0.25) is 0 Å². The van der Waals surface area contributed by atoms with Crippen molar-refractivity contribution >= 4 is 35.1 Å². The summed E-state index contributed by atoms with van der Waals surface area (Å²) in [4.78, 5) is 0. The normalized spacial score (nSPS) is 21.8. The van der Waals surface area contributed by atoms with Crippen LogP contribution < -0.4 is 5.32 Å². The highest BCUT2D eigenvalue weighted by atomic mass is 35.5. The van der Waals surface area contributed by atoms with Gasteiger partial charge in [-0.2, -0.15) is 23.5 Å². The summed E-state index contributed by atoms with van der Waals surface area (Å²) in [5, 5.41) is 5.19. The van der Waals surface area contributed by atoms with E-state index in [-0.39, 0.29) is 0 Å². The first-order valence-corrected chi connectivity index (χ1v) is 9.07. The Hall–Kier alpha value is 0.170. The summed E-state index contributed by atoms with van der Waals surface area (Å²) < 4.78 is 0. The van der Waals surface area contributed by atoms with Gasteiger partial charge in [0.15, 0.2) is 0 Å². The van der Waals surface area contributed by atoms with E-state index in [4.69, 9.17) is 11.6 Å². The lowest BCUT2D eigenvalue weighted by Gasteiger charge is -2.30. The van der Waals surface area contributed by atoms with Crippen LogP contribution in [-0.4, -0.2) is 29.1 Å². The number of thioether (sulfide) groups is 2. The van der Waals surface area contributed by atoms with Gasteiger partial charge in [-0.25, -0.2) is 0 Å². The highest BCUT2D eigenvalue weighted by Crippen LogP contribution is 2.34. The lowest BCUT2D eigenvalue weighted by atomic mass is 10.0. The summed E-state index contributed by atoms with van der Waals surface area (Å²) in [6, 6.07) is 8.73. The quantitative estimate of drug-likeness (QED) is 0.874. The largest absolute Gasteiger partial charge is 0.309 e. The molecule has 2 unspecified atom stereocenters. The molecular formula is C14H20ClNS2. The third kappa shape index (κ3) is 4.09. The van der Waals surface area contributed by atoms with E-state index in [0.29, 0.717) is 11.3 Å². The molecule has 1 fully saturated rings. The molecule has 0 aromatic heterocycles. The standard InChI is InChI=1S/C14H20ClNS2/c1-2-6-16-14(13-10-17-7-8-18-13)11-4-3-5-12(15)9-11/h3-5,9,13-14,16H,2,6-8,10H2,1H3. The Balaban J connectivity index is 2.12. The van der Waals surface area contributed by atoms with Gasteiger partial charge in [-0.1, -0.05) is 30.7 Å². The monoisotopic (exact) mass is 301 g/mol. The van der Waals surface area contributed by atoms with Gasteiger partial charge in [-0.3, -0.25) is 0 Å². The zero-order valence-electron chi connectivity index (χ0n) is 10.7. The van der Waals surface area contributed by atoms with Gasteiger partial charge in [0.05, 0.1) is 0 Å². The van der Waals surface area contributed by atoms with Crippen molar-refractivity contribution in [2.45, 2.75) is 24.6 Å². The van der Waals surface area contributed by atoms with Crippen LogP contribution in [0.25, 0.3) is 0 Å². The molecule has 100 valence electrons. The molecule has 1 aliphatic heterocycles. The summed E-state index contributed by atoms with van der Waals surface area (Å²) in [5.74, 6) is 3.79. The molecule has 0 bridgehead atoms. The molecule has 1 N–H and O–H groups in total. The Labute approximate surface area is 123 Å².